The van der Waals surface area contributed by atoms with Crippen LogP contribution in [0.4, 0.5) is 0 Å². The highest BCUT2D eigenvalue weighted by Crippen LogP contribution is 2.16. The number of morpholine rings is 1. The van der Waals surface area contributed by atoms with Crippen LogP contribution in [0.5, 0.6) is 0 Å². The van der Waals surface area contributed by atoms with Crippen LogP contribution in [0.2, 0.25) is 0 Å². The number of benzene rings is 1. The van der Waals surface area contributed by atoms with Crippen molar-refractivity contribution in [2.75, 3.05) is 26.2 Å². The molecule has 2 aliphatic heterocycles. The molecule has 3 N–H and O–H groups in total. The van der Waals surface area contributed by atoms with Gasteiger partial charge >= 0.3 is 0 Å². The fourth-order valence-corrected chi connectivity index (χ4v) is 2.86. The Labute approximate surface area is 130 Å². The molecule has 1 aromatic carbocycles. The van der Waals surface area contributed by atoms with E-state index in [4.69, 9.17) is 10.5 Å². The van der Waals surface area contributed by atoms with Crippen molar-refractivity contribution >= 4 is 11.9 Å². The second-order valence-electron chi connectivity index (χ2n) is 5.80. The molecule has 1 atom stereocenters. The van der Waals surface area contributed by atoms with Crippen molar-refractivity contribution in [3.05, 3.63) is 34.9 Å². The van der Waals surface area contributed by atoms with Gasteiger partial charge in [-0.3, -0.25) is 4.79 Å². The number of fused-ring (bicyclic) bond motifs is 1. The molecule has 0 aliphatic carbocycles. The van der Waals surface area contributed by atoms with Crippen LogP contribution in [0.3, 0.4) is 0 Å². The average molecular weight is 302 g/mol. The van der Waals surface area contributed by atoms with E-state index in [0.717, 1.165) is 36.2 Å². The van der Waals surface area contributed by atoms with E-state index in [9.17, 15) is 4.79 Å². The number of carbonyl (C=O) groups excluding carboxylic acids is 1. The fraction of sp³-hybridized carbons (Fsp3) is 0.500. The molecule has 3 rings (SSSR count). The van der Waals surface area contributed by atoms with Gasteiger partial charge in [-0.1, -0.05) is 12.1 Å². The maximum absolute atomic E-state index is 11.9. The standard InChI is InChI=1S/C16H22N4O2/c1-11-10-20(6-7-22-11)16(17)19-9-12-2-3-13-4-5-18-15(21)14(13)8-12/h2-3,8,11H,4-7,9-10H2,1H3,(H2,17,19)(H,18,21). The molecule has 118 valence electrons. The normalized spacial score (nSPS) is 22.2. The van der Waals surface area contributed by atoms with Gasteiger partial charge in [-0.25, -0.2) is 4.99 Å². The molecule has 2 aliphatic rings. The maximum atomic E-state index is 11.9. The summed E-state index contributed by atoms with van der Waals surface area (Å²) in [6.07, 6.45) is 1.06. The summed E-state index contributed by atoms with van der Waals surface area (Å²) >= 11 is 0. The van der Waals surface area contributed by atoms with Crippen molar-refractivity contribution in [1.82, 2.24) is 10.2 Å². The lowest BCUT2D eigenvalue weighted by Gasteiger charge is -2.31. The lowest BCUT2D eigenvalue weighted by atomic mass is 9.98. The molecule has 1 aromatic rings. The summed E-state index contributed by atoms with van der Waals surface area (Å²) in [6.45, 7) is 5.44. The van der Waals surface area contributed by atoms with Crippen LogP contribution in [0.1, 0.15) is 28.4 Å². The lowest BCUT2D eigenvalue weighted by Crippen LogP contribution is -2.47. The Morgan fingerprint density at radius 1 is 1.55 bits per heavy atom. The number of nitrogens with two attached hydrogens (primary N) is 1. The summed E-state index contributed by atoms with van der Waals surface area (Å²) < 4.78 is 5.50. The summed E-state index contributed by atoms with van der Waals surface area (Å²) in [6, 6.07) is 5.96. The van der Waals surface area contributed by atoms with E-state index >= 15 is 0 Å². The van der Waals surface area contributed by atoms with Gasteiger partial charge in [0, 0.05) is 25.2 Å². The van der Waals surface area contributed by atoms with Gasteiger partial charge in [0.05, 0.1) is 19.3 Å². The highest BCUT2D eigenvalue weighted by Gasteiger charge is 2.19. The van der Waals surface area contributed by atoms with E-state index in [-0.39, 0.29) is 12.0 Å². The number of nitrogens with zero attached hydrogens (tertiary/aromatic N) is 2. The number of amides is 1. The topological polar surface area (TPSA) is 80.0 Å². The van der Waals surface area contributed by atoms with Crippen molar-refractivity contribution in [3.8, 4) is 0 Å². The molecule has 22 heavy (non-hydrogen) atoms. The Morgan fingerprint density at radius 3 is 3.23 bits per heavy atom. The van der Waals surface area contributed by atoms with Crippen LogP contribution in [0, 0.1) is 0 Å². The lowest BCUT2D eigenvalue weighted by molar-refractivity contribution is 0.00528. The highest BCUT2D eigenvalue weighted by atomic mass is 16.5. The molecule has 2 heterocycles. The number of aliphatic imine (C=N–C) groups is 1. The first-order valence-electron chi connectivity index (χ1n) is 7.70. The average Bonchev–Trinajstić information content (AvgIpc) is 2.53. The Morgan fingerprint density at radius 2 is 2.41 bits per heavy atom. The summed E-state index contributed by atoms with van der Waals surface area (Å²) in [7, 11) is 0. The monoisotopic (exact) mass is 302 g/mol. The van der Waals surface area contributed by atoms with Gasteiger partial charge in [0.2, 0.25) is 0 Å². The zero-order chi connectivity index (χ0) is 15.5. The summed E-state index contributed by atoms with van der Waals surface area (Å²) in [4.78, 5) is 18.4. The Hall–Kier alpha value is -2.08. The fourth-order valence-electron chi connectivity index (χ4n) is 2.86. The van der Waals surface area contributed by atoms with E-state index < -0.39 is 0 Å². The van der Waals surface area contributed by atoms with E-state index in [0.29, 0.717) is 25.7 Å². The van der Waals surface area contributed by atoms with Crippen molar-refractivity contribution in [2.24, 2.45) is 10.7 Å². The Bertz CT molecular complexity index is 600. The van der Waals surface area contributed by atoms with Gasteiger partial charge in [0.1, 0.15) is 0 Å². The molecule has 0 saturated carbocycles. The number of rotatable bonds is 2. The van der Waals surface area contributed by atoms with Crippen LogP contribution in [-0.4, -0.2) is 49.1 Å². The van der Waals surface area contributed by atoms with Crippen LogP contribution in [0.25, 0.3) is 0 Å². The van der Waals surface area contributed by atoms with Crippen LogP contribution in [0.15, 0.2) is 23.2 Å². The molecule has 1 saturated heterocycles. The number of hydrogen-bond acceptors (Lipinski definition) is 3. The van der Waals surface area contributed by atoms with E-state index in [2.05, 4.69) is 10.3 Å². The minimum absolute atomic E-state index is 0.00190. The van der Waals surface area contributed by atoms with Gasteiger partial charge in [0.25, 0.3) is 5.91 Å². The summed E-state index contributed by atoms with van der Waals surface area (Å²) in [5, 5.41) is 2.87. The molecular formula is C16H22N4O2. The molecule has 0 bridgehead atoms. The van der Waals surface area contributed by atoms with Crippen LogP contribution >= 0.6 is 0 Å². The summed E-state index contributed by atoms with van der Waals surface area (Å²) in [5.74, 6) is 0.541. The van der Waals surface area contributed by atoms with Crippen LogP contribution < -0.4 is 11.1 Å². The minimum atomic E-state index is 0.00190. The molecule has 1 amide bonds. The SMILES string of the molecule is CC1CN(C(N)=NCc2ccc3c(c2)C(=O)NCC3)CCO1. The third-order valence-electron chi connectivity index (χ3n) is 4.09. The van der Waals surface area contributed by atoms with Crippen LogP contribution in [-0.2, 0) is 17.7 Å². The predicted molar refractivity (Wildman–Crippen MR) is 84.8 cm³/mol. The van der Waals surface area contributed by atoms with Crippen molar-refractivity contribution in [1.29, 1.82) is 0 Å². The maximum Gasteiger partial charge on any atom is 0.251 e. The van der Waals surface area contributed by atoms with Gasteiger partial charge in [-0.05, 0) is 30.5 Å². The number of ether oxygens (including phenoxy) is 1. The number of nitrogens with one attached hydrogen (secondary N) is 1. The first-order valence-corrected chi connectivity index (χ1v) is 7.70. The molecule has 0 aromatic heterocycles. The second-order valence-corrected chi connectivity index (χ2v) is 5.80. The first-order chi connectivity index (χ1) is 10.6. The van der Waals surface area contributed by atoms with E-state index in [1.807, 2.05) is 30.0 Å². The predicted octanol–water partition coefficient (Wildman–Crippen LogP) is 0.508. The number of carbonyl (C=O) groups is 1. The largest absolute Gasteiger partial charge is 0.375 e. The molecule has 6 heteroatoms. The molecule has 1 fully saturated rings. The van der Waals surface area contributed by atoms with E-state index in [1.54, 1.807) is 0 Å². The van der Waals surface area contributed by atoms with Crippen molar-refractivity contribution in [3.63, 3.8) is 0 Å². The Kier molecular flexibility index (Phi) is 4.29. The molecular weight excluding hydrogens is 280 g/mol. The minimum Gasteiger partial charge on any atom is -0.375 e. The number of guanidine groups is 1. The van der Waals surface area contributed by atoms with Gasteiger partial charge in [-0.2, -0.15) is 0 Å². The van der Waals surface area contributed by atoms with Gasteiger partial charge in [-0.15, -0.1) is 0 Å². The van der Waals surface area contributed by atoms with Crippen molar-refractivity contribution < 1.29 is 9.53 Å². The molecule has 0 spiro atoms. The molecule has 0 radical (unpaired) electrons. The number of hydrogen-bond donors (Lipinski definition) is 2. The summed E-state index contributed by atoms with van der Waals surface area (Å²) in [5.41, 5.74) is 8.93. The van der Waals surface area contributed by atoms with Gasteiger partial charge in [0.15, 0.2) is 5.96 Å². The first kappa shape index (κ1) is 14.8. The van der Waals surface area contributed by atoms with E-state index in [1.165, 1.54) is 0 Å². The second kappa shape index (κ2) is 6.36. The smallest absolute Gasteiger partial charge is 0.251 e. The quantitative estimate of drug-likeness (QED) is 0.616. The zero-order valence-electron chi connectivity index (χ0n) is 12.8. The zero-order valence-corrected chi connectivity index (χ0v) is 12.8. The Balaban J connectivity index is 1.69. The highest BCUT2D eigenvalue weighted by molar-refractivity contribution is 5.96. The molecule has 1 unspecified atom stereocenters. The third kappa shape index (κ3) is 3.22. The van der Waals surface area contributed by atoms with Crippen molar-refractivity contribution in [2.45, 2.75) is 26.0 Å². The molecule has 6 nitrogen and oxygen atoms in total. The third-order valence-corrected chi connectivity index (χ3v) is 4.09. The van der Waals surface area contributed by atoms with Gasteiger partial charge < -0.3 is 20.7 Å².